The molecule has 202 valence electrons. The standard InChI is InChI=1S/C29H32FN7O2/c30-25-19-37(28-6-5-22(15-31)16-34-28)8-7-26(25)35-27-14-23(33-17-24(27)29(32)38)13-20-1-3-21(4-2-20)18-36-9-11-39-12-10-36/h1-6,14,16-17,25-26H,7-13,18-19H2,(H2,32,38)(H,33,35)/t25-,26+/m0/s1. The highest BCUT2D eigenvalue weighted by Gasteiger charge is 2.30. The Bertz CT molecular complexity index is 1320. The van der Waals surface area contributed by atoms with Gasteiger partial charge in [0.25, 0.3) is 5.91 Å². The Labute approximate surface area is 227 Å². The van der Waals surface area contributed by atoms with Crippen LogP contribution in [0.1, 0.15) is 39.2 Å². The van der Waals surface area contributed by atoms with E-state index in [1.165, 1.54) is 18.0 Å². The third-order valence-corrected chi connectivity index (χ3v) is 7.23. The summed E-state index contributed by atoms with van der Waals surface area (Å²) in [5.41, 5.74) is 9.91. The molecule has 0 saturated carbocycles. The van der Waals surface area contributed by atoms with E-state index in [-0.39, 0.29) is 12.1 Å². The summed E-state index contributed by atoms with van der Waals surface area (Å²) >= 11 is 0. The van der Waals surface area contributed by atoms with Crippen LogP contribution in [0.4, 0.5) is 15.9 Å². The lowest BCUT2D eigenvalue weighted by Crippen LogP contribution is -2.48. The third-order valence-electron chi connectivity index (χ3n) is 7.23. The number of nitriles is 1. The number of aromatic nitrogens is 2. The maximum Gasteiger partial charge on any atom is 0.252 e. The number of benzene rings is 1. The first-order valence-corrected chi connectivity index (χ1v) is 13.2. The number of hydrogen-bond donors (Lipinski definition) is 2. The highest BCUT2D eigenvalue weighted by molar-refractivity contribution is 5.98. The fourth-order valence-electron chi connectivity index (χ4n) is 5.01. The molecule has 0 aliphatic carbocycles. The minimum Gasteiger partial charge on any atom is -0.379 e. The molecular formula is C29H32FN7O2. The summed E-state index contributed by atoms with van der Waals surface area (Å²) in [5, 5.41) is 12.2. The van der Waals surface area contributed by atoms with Gasteiger partial charge < -0.3 is 20.7 Å². The van der Waals surface area contributed by atoms with Crippen LogP contribution in [-0.4, -0.2) is 72.4 Å². The number of alkyl halides is 1. The average molecular weight is 530 g/mol. The summed E-state index contributed by atoms with van der Waals surface area (Å²) in [6, 6.07) is 15.2. The number of nitrogens with one attached hydrogen (secondary N) is 1. The number of carbonyl (C=O) groups is 1. The molecule has 3 N–H and O–H groups in total. The number of halogens is 1. The topological polar surface area (TPSA) is 120 Å². The molecule has 3 aromatic rings. The number of pyridine rings is 2. The molecule has 2 atom stereocenters. The van der Waals surface area contributed by atoms with Crippen LogP contribution in [0, 0.1) is 11.3 Å². The summed E-state index contributed by atoms with van der Waals surface area (Å²) in [5.74, 6) is 0.0220. The van der Waals surface area contributed by atoms with Crippen molar-refractivity contribution < 1.29 is 13.9 Å². The second-order valence-corrected chi connectivity index (χ2v) is 9.99. The Balaban J connectivity index is 1.24. The number of piperidine rings is 1. The third kappa shape index (κ3) is 6.69. The zero-order chi connectivity index (χ0) is 27.2. The van der Waals surface area contributed by atoms with Crippen LogP contribution in [0.15, 0.2) is 54.9 Å². The van der Waals surface area contributed by atoms with Gasteiger partial charge in [0.05, 0.1) is 42.6 Å². The van der Waals surface area contributed by atoms with Crippen molar-refractivity contribution in [3.05, 3.63) is 82.8 Å². The Kier molecular flexibility index (Phi) is 8.30. The molecule has 2 fully saturated rings. The van der Waals surface area contributed by atoms with E-state index < -0.39 is 18.1 Å². The number of rotatable bonds is 8. The second-order valence-electron chi connectivity index (χ2n) is 9.99. The average Bonchev–Trinajstić information content (AvgIpc) is 2.96. The van der Waals surface area contributed by atoms with Crippen molar-refractivity contribution in [1.82, 2.24) is 14.9 Å². The van der Waals surface area contributed by atoms with Gasteiger partial charge in [-0.1, -0.05) is 24.3 Å². The van der Waals surface area contributed by atoms with E-state index in [0.717, 1.165) is 44.1 Å². The van der Waals surface area contributed by atoms with E-state index in [2.05, 4.69) is 44.5 Å². The number of hydrogen-bond acceptors (Lipinski definition) is 8. The first-order chi connectivity index (χ1) is 19.0. The first-order valence-electron chi connectivity index (χ1n) is 13.2. The number of primary amides is 1. The van der Waals surface area contributed by atoms with Gasteiger partial charge >= 0.3 is 0 Å². The molecule has 2 aliphatic rings. The van der Waals surface area contributed by atoms with Crippen LogP contribution in [-0.2, 0) is 17.7 Å². The number of amides is 1. The van der Waals surface area contributed by atoms with Gasteiger partial charge in [-0.05, 0) is 35.7 Å². The lowest BCUT2D eigenvalue weighted by Gasteiger charge is -2.36. The van der Waals surface area contributed by atoms with E-state index in [4.69, 9.17) is 15.7 Å². The molecule has 0 radical (unpaired) electrons. The van der Waals surface area contributed by atoms with Gasteiger partial charge in [0, 0.05) is 50.7 Å². The normalized spacial score (nSPS) is 19.8. The van der Waals surface area contributed by atoms with Crippen molar-refractivity contribution in [3.8, 4) is 6.07 Å². The quantitative estimate of drug-likeness (QED) is 0.457. The van der Waals surface area contributed by atoms with Crippen molar-refractivity contribution in [2.45, 2.75) is 31.6 Å². The molecule has 39 heavy (non-hydrogen) atoms. The SMILES string of the molecule is N#Cc1ccc(N2CC[C@@H](Nc3cc(Cc4ccc(CN5CCOCC5)cc4)ncc3C(N)=O)[C@@H](F)C2)nc1. The minimum atomic E-state index is -1.20. The van der Waals surface area contributed by atoms with Crippen LogP contribution < -0.4 is 16.0 Å². The second kappa shape index (κ2) is 12.2. The van der Waals surface area contributed by atoms with Crippen molar-refractivity contribution in [2.75, 3.05) is 49.6 Å². The zero-order valence-corrected chi connectivity index (χ0v) is 21.7. The molecule has 2 aromatic heterocycles. The summed E-state index contributed by atoms with van der Waals surface area (Å²) in [7, 11) is 0. The molecule has 2 saturated heterocycles. The Hall–Kier alpha value is -4.07. The molecule has 1 amide bonds. The molecule has 0 spiro atoms. The molecule has 2 aliphatic heterocycles. The number of carbonyl (C=O) groups excluding carboxylic acids is 1. The Morgan fingerprint density at radius 1 is 1.10 bits per heavy atom. The maximum absolute atomic E-state index is 15.3. The maximum atomic E-state index is 15.3. The summed E-state index contributed by atoms with van der Waals surface area (Å²) < 4.78 is 20.7. The van der Waals surface area contributed by atoms with E-state index in [1.807, 2.05) is 11.0 Å². The van der Waals surface area contributed by atoms with E-state index >= 15 is 4.39 Å². The van der Waals surface area contributed by atoms with Crippen LogP contribution in [0.25, 0.3) is 0 Å². The zero-order valence-electron chi connectivity index (χ0n) is 21.7. The van der Waals surface area contributed by atoms with Gasteiger partial charge in [0.15, 0.2) is 0 Å². The number of ether oxygens (including phenoxy) is 1. The molecule has 0 bridgehead atoms. The predicted molar refractivity (Wildman–Crippen MR) is 146 cm³/mol. The van der Waals surface area contributed by atoms with Gasteiger partial charge in [-0.15, -0.1) is 0 Å². The lowest BCUT2D eigenvalue weighted by molar-refractivity contribution is 0.0342. The van der Waals surface area contributed by atoms with Gasteiger partial charge in [0.1, 0.15) is 18.1 Å². The molecule has 0 unspecified atom stereocenters. The summed E-state index contributed by atoms with van der Waals surface area (Å²) in [6.07, 6.45) is 2.84. The van der Waals surface area contributed by atoms with Crippen molar-refractivity contribution in [2.24, 2.45) is 5.73 Å². The highest BCUT2D eigenvalue weighted by Crippen LogP contribution is 2.26. The van der Waals surface area contributed by atoms with Crippen LogP contribution in [0.5, 0.6) is 0 Å². The molecule has 4 heterocycles. The molecule has 9 nitrogen and oxygen atoms in total. The van der Waals surface area contributed by atoms with E-state index in [0.29, 0.717) is 36.5 Å². The first kappa shape index (κ1) is 26.5. The van der Waals surface area contributed by atoms with Gasteiger partial charge in [-0.2, -0.15) is 5.26 Å². The fraction of sp³-hybridized carbons (Fsp3) is 0.379. The fourth-order valence-corrected chi connectivity index (χ4v) is 5.01. The highest BCUT2D eigenvalue weighted by atomic mass is 19.1. The largest absolute Gasteiger partial charge is 0.379 e. The lowest BCUT2D eigenvalue weighted by atomic mass is 10.0. The van der Waals surface area contributed by atoms with Crippen LogP contribution >= 0.6 is 0 Å². The van der Waals surface area contributed by atoms with Gasteiger partial charge in [0.2, 0.25) is 0 Å². The Morgan fingerprint density at radius 3 is 2.54 bits per heavy atom. The number of nitrogens with two attached hydrogens (primary N) is 1. The van der Waals surface area contributed by atoms with Crippen molar-refractivity contribution in [3.63, 3.8) is 0 Å². The summed E-state index contributed by atoms with van der Waals surface area (Å²) in [6.45, 7) is 5.07. The van der Waals surface area contributed by atoms with Crippen molar-refractivity contribution >= 4 is 17.4 Å². The van der Waals surface area contributed by atoms with Crippen LogP contribution in [0.3, 0.4) is 0 Å². The molecule has 5 rings (SSSR count). The smallest absolute Gasteiger partial charge is 0.252 e. The van der Waals surface area contributed by atoms with Gasteiger partial charge in [-0.3, -0.25) is 14.7 Å². The number of morpholine rings is 1. The molecular weight excluding hydrogens is 497 g/mol. The predicted octanol–water partition coefficient (Wildman–Crippen LogP) is 2.90. The Morgan fingerprint density at radius 2 is 1.87 bits per heavy atom. The molecule has 1 aromatic carbocycles. The van der Waals surface area contributed by atoms with E-state index in [9.17, 15) is 4.79 Å². The van der Waals surface area contributed by atoms with Crippen LogP contribution in [0.2, 0.25) is 0 Å². The van der Waals surface area contributed by atoms with Crippen molar-refractivity contribution in [1.29, 1.82) is 5.26 Å². The molecule has 10 heteroatoms. The number of anilines is 2. The number of nitrogens with zero attached hydrogens (tertiary/aromatic N) is 5. The minimum absolute atomic E-state index is 0.150. The summed E-state index contributed by atoms with van der Waals surface area (Å²) in [4.78, 5) is 25.1. The monoisotopic (exact) mass is 529 g/mol. The van der Waals surface area contributed by atoms with Gasteiger partial charge in [-0.25, -0.2) is 9.37 Å². The van der Waals surface area contributed by atoms with E-state index in [1.54, 1.807) is 18.2 Å².